The van der Waals surface area contributed by atoms with Crippen molar-refractivity contribution in [3.63, 3.8) is 0 Å². The van der Waals surface area contributed by atoms with Gasteiger partial charge in [0.2, 0.25) is 0 Å². The zero-order chi connectivity index (χ0) is 13.9. The van der Waals surface area contributed by atoms with Crippen LogP contribution in [-0.2, 0) is 9.53 Å². The van der Waals surface area contributed by atoms with E-state index in [1.165, 1.54) is 0 Å². The maximum absolute atomic E-state index is 12.1. The van der Waals surface area contributed by atoms with E-state index < -0.39 is 0 Å². The summed E-state index contributed by atoms with van der Waals surface area (Å²) >= 11 is 0. The molecule has 0 atom stereocenters. The molecule has 1 N–H and O–H groups in total. The van der Waals surface area contributed by atoms with Crippen molar-refractivity contribution in [1.29, 1.82) is 0 Å². The lowest BCUT2D eigenvalue weighted by Gasteiger charge is -2.38. The van der Waals surface area contributed by atoms with Gasteiger partial charge < -0.3 is 10.1 Å². The highest BCUT2D eigenvalue weighted by Crippen LogP contribution is 2.29. The van der Waals surface area contributed by atoms with E-state index in [4.69, 9.17) is 4.74 Å². The van der Waals surface area contributed by atoms with Gasteiger partial charge in [-0.15, -0.1) is 0 Å². The number of carbonyl (C=O) groups is 1. The van der Waals surface area contributed by atoms with Crippen LogP contribution in [-0.4, -0.2) is 48.7 Å². The summed E-state index contributed by atoms with van der Waals surface area (Å²) in [5.41, 5.74) is -0.355. The molecule has 1 aliphatic heterocycles. The first kappa shape index (κ1) is 14.8. The lowest BCUT2D eigenvalue weighted by atomic mass is 9.85. The highest BCUT2D eigenvalue weighted by Gasteiger charge is 2.32. The van der Waals surface area contributed by atoms with E-state index >= 15 is 0 Å². The SMILES string of the molecule is CC(C)(C)OC(=O)C1CCC(N2CCNCC2)CC1. The van der Waals surface area contributed by atoms with Crippen molar-refractivity contribution in [2.24, 2.45) is 5.92 Å². The van der Waals surface area contributed by atoms with Crippen LogP contribution in [0.4, 0.5) is 0 Å². The van der Waals surface area contributed by atoms with Crippen LogP contribution < -0.4 is 5.32 Å². The summed E-state index contributed by atoms with van der Waals surface area (Å²) in [4.78, 5) is 14.6. The number of nitrogens with zero attached hydrogens (tertiary/aromatic N) is 1. The van der Waals surface area contributed by atoms with Crippen molar-refractivity contribution in [3.05, 3.63) is 0 Å². The number of nitrogens with one attached hydrogen (secondary N) is 1. The second kappa shape index (κ2) is 6.23. The maximum atomic E-state index is 12.1. The Balaban J connectivity index is 1.77. The van der Waals surface area contributed by atoms with Crippen LogP contribution >= 0.6 is 0 Å². The van der Waals surface area contributed by atoms with Gasteiger partial charge in [0.05, 0.1) is 5.92 Å². The Kier molecular flexibility index (Phi) is 4.85. The van der Waals surface area contributed by atoms with Gasteiger partial charge >= 0.3 is 5.97 Å². The smallest absolute Gasteiger partial charge is 0.309 e. The van der Waals surface area contributed by atoms with E-state index in [1.54, 1.807) is 0 Å². The van der Waals surface area contributed by atoms with Gasteiger partial charge in [-0.05, 0) is 46.5 Å². The summed E-state index contributed by atoms with van der Waals surface area (Å²) in [6.45, 7) is 10.3. The summed E-state index contributed by atoms with van der Waals surface area (Å²) in [7, 11) is 0. The molecule has 4 heteroatoms. The van der Waals surface area contributed by atoms with E-state index in [-0.39, 0.29) is 17.5 Å². The van der Waals surface area contributed by atoms with E-state index in [2.05, 4.69) is 10.2 Å². The molecule has 0 aromatic rings. The summed E-state index contributed by atoms with van der Waals surface area (Å²) in [6.07, 6.45) is 4.26. The van der Waals surface area contributed by atoms with Crippen LogP contribution in [0.3, 0.4) is 0 Å². The average molecular weight is 268 g/mol. The van der Waals surface area contributed by atoms with Crippen LogP contribution in [0.15, 0.2) is 0 Å². The molecule has 0 bridgehead atoms. The summed E-state index contributed by atoms with van der Waals surface area (Å²) < 4.78 is 5.50. The minimum Gasteiger partial charge on any atom is -0.460 e. The standard InChI is InChI=1S/C15H28N2O2/c1-15(2,3)19-14(18)12-4-6-13(7-5-12)17-10-8-16-9-11-17/h12-13,16H,4-11H2,1-3H3. The van der Waals surface area contributed by atoms with Gasteiger partial charge in [-0.3, -0.25) is 9.69 Å². The molecule has 1 heterocycles. The van der Waals surface area contributed by atoms with E-state index in [0.717, 1.165) is 51.9 Å². The molecule has 110 valence electrons. The molecule has 0 radical (unpaired) electrons. The number of esters is 1. The van der Waals surface area contributed by atoms with Crippen LogP contribution in [0.25, 0.3) is 0 Å². The highest BCUT2D eigenvalue weighted by atomic mass is 16.6. The van der Waals surface area contributed by atoms with Crippen LogP contribution in [0.2, 0.25) is 0 Å². The number of rotatable bonds is 2. The third-order valence-electron chi connectivity index (χ3n) is 4.10. The number of piperazine rings is 1. The maximum Gasteiger partial charge on any atom is 0.309 e. The molecule has 1 aliphatic carbocycles. The molecule has 1 saturated heterocycles. The normalized spacial score (nSPS) is 30.1. The zero-order valence-electron chi connectivity index (χ0n) is 12.6. The molecule has 19 heavy (non-hydrogen) atoms. The first-order valence-corrected chi connectivity index (χ1v) is 7.63. The fraction of sp³-hybridized carbons (Fsp3) is 0.933. The molecule has 4 nitrogen and oxygen atoms in total. The Morgan fingerprint density at radius 2 is 1.68 bits per heavy atom. The largest absolute Gasteiger partial charge is 0.460 e. The lowest BCUT2D eigenvalue weighted by Crippen LogP contribution is -2.49. The van der Waals surface area contributed by atoms with E-state index in [9.17, 15) is 4.79 Å². The zero-order valence-corrected chi connectivity index (χ0v) is 12.6. The van der Waals surface area contributed by atoms with Gasteiger partial charge in [-0.1, -0.05) is 0 Å². The fourth-order valence-electron chi connectivity index (χ4n) is 3.11. The lowest BCUT2D eigenvalue weighted by molar-refractivity contribution is -0.161. The Morgan fingerprint density at radius 1 is 1.11 bits per heavy atom. The monoisotopic (exact) mass is 268 g/mol. The summed E-state index contributed by atoms with van der Waals surface area (Å²) in [5.74, 6) is 0.129. The predicted molar refractivity (Wildman–Crippen MR) is 76.0 cm³/mol. The molecule has 0 aromatic carbocycles. The molecule has 0 unspecified atom stereocenters. The van der Waals surface area contributed by atoms with Gasteiger partial charge in [0.1, 0.15) is 5.60 Å². The number of ether oxygens (including phenoxy) is 1. The van der Waals surface area contributed by atoms with Crippen LogP contribution in [0.5, 0.6) is 0 Å². The second-order valence-corrected chi connectivity index (χ2v) is 6.82. The van der Waals surface area contributed by atoms with E-state index in [1.807, 2.05) is 20.8 Å². The van der Waals surface area contributed by atoms with Gasteiger partial charge in [-0.2, -0.15) is 0 Å². The quantitative estimate of drug-likeness (QED) is 0.775. The predicted octanol–water partition coefficient (Wildman–Crippen LogP) is 1.79. The van der Waals surface area contributed by atoms with Crippen LogP contribution in [0.1, 0.15) is 46.5 Å². The van der Waals surface area contributed by atoms with Gasteiger partial charge in [0.15, 0.2) is 0 Å². The highest BCUT2D eigenvalue weighted by molar-refractivity contribution is 5.73. The molecule has 0 aromatic heterocycles. The summed E-state index contributed by atoms with van der Waals surface area (Å²) in [5, 5.41) is 3.39. The van der Waals surface area contributed by atoms with Crippen molar-refractivity contribution >= 4 is 5.97 Å². The minimum atomic E-state index is -0.355. The molecular formula is C15H28N2O2. The average Bonchev–Trinajstić information content (AvgIpc) is 2.38. The third-order valence-corrected chi connectivity index (χ3v) is 4.10. The first-order valence-electron chi connectivity index (χ1n) is 7.63. The van der Waals surface area contributed by atoms with Crippen LogP contribution in [0, 0.1) is 5.92 Å². The van der Waals surface area contributed by atoms with Crippen molar-refractivity contribution in [3.8, 4) is 0 Å². The number of hydrogen-bond donors (Lipinski definition) is 1. The van der Waals surface area contributed by atoms with Crippen molar-refractivity contribution in [2.75, 3.05) is 26.2 Å². The van der Waals surface area contributed by atoms with Crippen molar-refractivity contribution < 1.29 is 9.53 Å². The molecule has 1 saturated carbocycles. The van der Waals surface area contributed by atoms with Crippen molar-refractivity contribution in [2.45, 2.75) is 58.1 Å². The second-order valence-electron chi connectivity index (χ2n) is 6.82. The third kappa shape index (κ3) is 4.46. The molecule has 0 spiro atoms. The fourth-order valence-corrected chi connectivity index (χ4v) is 3.11. The molecular weight excluding hydrogens is 240 g/mol. The van der Waals surface area contributed by atoms with Crippen molar-refractivity contribution in [1.82, 2.24) is 10.2 Å². The minimum absolute atomic E-state index is 0.00580. The molecule has 2 rings (SSSR count). The van der Waals surface area contributed by atoms with Gasteiger partial charge in [0.25, 0.3) is 0 Å². The topological polar surface area (TPSA) is 41.6 Å². The first-order chi connectivity index (χ1) is 8.96. The van der Waals surface area contributed by atoms with E-state index in [0.29, 0.717) is 6.04 Å². The van der Waals surface area contributed by atoms with Gasteiger partial charge in [-0.25, -0.2) is 0 Å². The Morgan fingerprint density at radius 3 is 2.21 bits per heavy atom. The summed E-state index contributed by atoms with van der Waals surface area (Å²) in [6, 6.07) is 0.681. The number of hydrogen-bond acceptors (Lipinski definition) is 4. The molecule has 0 amide bonds. The molecule has 2 fully saturated rings. The Bertz CT molecular complexity index is 298. The molecule has 2 aliphatic rings. The Hall–Kier alpha value is -0.610. The number of carbonyl (C=O) groups excluding carboxylic acids is 1. The Labute approximate surface area is 116 Å². The van der Waals surface area contributed by atoms with Gasteiger partial charge in [0, 0.05) is 32.2 Å².